The maximum atomic E-state index is 12.4. The predicted molar refractivity (Wildman–Crippen MR) is 85.0 cm³/mol. The van der Waals surface area contributed by atoms with Crippen LogP contribution >= 0.6 is 0 Å². The Morgan fingerprint density at radius 3 is 2.16 bits per heavy atom. The summed E-state index contributed by atoms with van der Waals surface area (Å²) in [5.41, 5.74) is -0.607. The van der Waals surface area contributed by atoms with E-state index in [1.165, 1.54) is 0 Å². The van der Waals surface area contributed by atoms with Gasteiger partial charge in [-0.1, -0.05) is 18.2 Å². The molecule has 0 aliphatic rings. The number of alkyl halides is 3. The van der Waals surface area contributed by atoms with Gasteiger partial charge in [-0.2, -0.15) is 13.2 Å². The second-order valence-electron chi connectivity index (χ2n) is 5.00. The lowest BCUT2D eigenvalue weighted by Crippen LogP contribution is -2.35. The van der Waals surface area contributed by atoms with Gasteiger partial charge in [-0.15, -0.1) is 0 Å². The zero-order valence-corrected chi connectivity index (χ0v) is 13.0. The van der Waals surface area contributed by atoms with Crippen LogP contribution in [0.15, 0.2) is 54.6 Å². The van der Waals surface area contributed by atoms with Crippen molar-refractivity contribution >= 4 is 17.5 Å². The summed E-state index contributed by atoms with van der Waals surface area (Å²) < 4.78 is 42.5. The average molecular weight is 352 g/mol. The number of hydrogen-bond acceptors (Lipinski definition) is 3. The molecular weight excluding hydrogens is 337 g/mol. The third kappa shape index (κ3) is 6.17. The van der Waals surface area contributed by atoms with E-state index in [1.807, 2.05) is 0 Å². The highest BCUT2D eigenvalue weighted by atomic mass is 19.4. The Balaban J connectivity index is 1.74. The van der Waals surface area contributed by atoms with Crippen LogP contribution < -0.4 is 15.4 Å². The van der Waals surface area contributed by atoms with E-state index in [0.29, 0.717) is 5.75 Å². The SMILES string of the molecule is O=C(COc1ccccc1)NCC(=O)Nc1ccc(C(F)(F)F)cc1. The van der Waals surface area contributed by atoms with E-state index in [9.17, 15) is 22.8 Å². The molecule has 0 atom stereocenters. The summed E-state index contributed by atoms with van der Waals surface area (Å²) in [6.45, 7) is -0.574. The first-order valence-electron chi connectivity index (χ1n) is 7.26. The maximum Gasteiger partial charge on any atom is 0.416 e. The zero-order chi connectivity index (χ0) is 18.3. The topological polar surface area (TPSA) is 67.4 Å². The Kier molecular flexibility index (Phi) is 5.99. The summed E-state index contributed by atoms with van der Waals surface area (Å²) in [5, 5.41) is 4.74. The van der Waals surface area contributed by atoms with Gasteiger partial charge in [-0.25, -0.2) is 0 Å². The lowest BCUT2D eigenvalue weighted by atomic mass is 10.2. The highest BCUT2D eigenvalue weighted by molar-refractivity contribution is 5.94. The molecule has 5 nitrogen and oxygen atoms in total. The van der Waals surface area contributed by atoms with E-state index in [0.717, 1.165) is 24.3 Å². The molecule has 132 valence electrons. The van der Waals surface area contributed by atoms with E-state index in [-0.39, 0.29) is 18.8 Å². The van der Waals surface area contributed by atoms with Gasteiger partial charge in [0, 0.05) is 5.69 Å². The van der Waals surface area contributed by atoms with Crippen molar-refractivity contribution in [3.63, 3.8) is 0 Å². The zero-order valence-electron chi connectivity index (χ0n) is 13.0. The van der Waals surface area contributed by atoms with Crippen molar-refractivity contribution in [2.45, 2.75) is 6.18 Å². The van der Waals surface area contributed by atoms with Crippen LogP contribution in [-0.4, -0.2) is 25.0 Å². The molecule has 8 heteroatoms. The van der Waals surface area contributed by atoms with Gasteiger partial charge >= 0.3 is 6.18 Å². The second kappa shape index (κ2) is 8.18. The Hall–Kier alpha value is -3.03. The van der Waals surface area contributed by atoms with Crippen LogP contribution in [0.25, 0.3) is 0 Å². The highest BCUT2D eigenvalue weighted by Gasteiger charge is 2.29. The van der Waals surface area contributed by atoms with Crippen LogP contribution in [0, 0.1) is 0 Å². The molecule has 0 spiro atoms. The van der Waals surface area contributed by atoms with Crippen LogP contribution in [0.4, 0.5) is 18.9 Å². The number of para-hydroxylation sites is 1. The summed E-state index contributed by atoms with van der Waals surface area (Å²) in [7, 11) is 0. The fourth-order valence-corrected chi connectivity index (χ4v) is 1.84. The number of rotatable bonds is 6. The molecule has 0 saturated heterocycles. The summed E-state index contributed by atoms with van der Waals surface area (Å²) in [6, 6.07) is 12.7. The van der Waals surface area contributed by atoms with Crippen molar-refractivity contribution in [1.29, 1.82) is 0 Å². The minimum absolute atomic E-state index is 0.202. The first kappa shape index (κ1) is 18.3. The number of amides is 2. The highest BCUT2D eigenvalue weighted by Crippen LogP contribution is 2.29. The number of carbonyl (C=O) groups excluding carboxylic acids is 2. The van der Waals surface area contributed by atoms with E-state index < -0.39 is 23.6 Å². The average Bonchev–Trinajstić information content (AvgIpc) is 2.59. The standard InChI is InChI=1S/C17H15F3N2O3/c18-17(19,20)12-6-8-13(9-7-12)22-15(23)10-21-16(24)11-25-14-4-2-1-3-5-14/h1-9H,10-11H2,(H,21,24)(H,22,23). The molecule has 2 amide bonds. The fourth-order valence-electron chi connectivity index (χ4n) is 1.84. The fraction of sp³-hybridized carbons (Fsp3) is 0.176. The molecule has 2 aromatic rings. The molecule has 2 rings (SSSR count). The lowest BCUT2D eigenvalue weighted by Gasteiger charge is -2.10. The third-order valence-electron chi connectivity index (χ3n) is 3.06. The number of ether oxygens (including phenoxy) is 1. The normalized spacial score (nSPS) is 10.8. The first-order chi connectivity index (χ1) is 11.8. The number of hydrogen-bond donors (Lipinski definition) is 2. The number of nitrogens with one attached hydrogen (secondary N) is 2. The number of anilines is 1. The monoisotopic (exact) mass is 352 g/mol. The van der Waals surface area contributed by atoms with E-state index >= 15 is 0 Å². The molecule has 0 aliphatic heterocycles. The first-order valence-corrected chi connectivity index (χ1v) is 7.26. The van der Waals surface area contributed by atoms with Crippen LogP contribution in [-0.2, 0) is 15.8 Å². The van der Waals surface area contributed by atoms with E-state index in [1.54, 1.807) is 30.3 Å². The molecule has 0 fully saturated rings. The third-order valence-corrected chi connectivity index (χ3v) is 3.06. The van der Waals surface area contributed by atoms with E-state index in [4.69, 9.17) is 4.74 Å². The molecule has 0 bridgehead atoms. The second-order valence-corrected chi connectivity index (χ2v) is 5.00. The van der Waals surface area contributed by atoms with Crippen molar-refractivity contribution in [2.24, 2.45) is 0 Å². The minimum Gasteiger partial charge on any atom is -0.484 e. The van der Waals surface area contributed by atoms with Gasteiger partial charge < -0.3 is 15.4 Å². The molecule has 25 heavy (non-hydrogen) atoms. The predicted octanol–water partition coefficient (Wildman–Crippen LogP) is 2.84. The van der Waals surface area contributed by atoms with Gasteiger partial charge in [0.15, 0.2) is 6.61 Å². The lowest BCUT2D eigenvalue weighted by molar-refractivity contribution is -0.137. The summed E-state index contributed by atoms with van der Waals surface area (Å²) in [6.07, 6.45) is -4.44. The smallest absolute Gasteiger partial charge is 0.416 e. The van der Waals surface area contributed by atoms with Gasteiger partial charge in [0.25, 0.3) is 5.91 Å². The van der Waals surface area contributed by atoms with Gasteiger partial charge in [-0.05, 0) is 36.4 Å². The van der Waals surface area contributed by atoms with E-state index in [2.05, 4.69) is 10.6 Å². The minimum atomic E-state index is -4.44. The molecule has 0 unspecified atom stereocenters. The van der Waals surface area contributed by atoms with Gasteiger partial charge in [0.05, 0.1) is 12.1 Å². The largest absolute Gasteiger partial charge is 0.484 e. The van der Waals surface area contributed by atoms with Crippen molar-refractivity contribution in [3.8, 4) is 5.75 Å². The van der Waals surface area contributed by atoms with Crippen LogP contribution in [0.3, 0.4) is 0 Å². The van der Waals surface area contributed by atoms with Crippen molar-refractivity contribution in [3.05, 3.63) is 60.2 Å². The van der Waals surface area contributed by atoms with Crippen LogP contribution in [0.1, 0.15) is 5.56 Å². The Morgan fingerprint density at radius 1 is 0.920 bits per heavy atom. The number of carbonyl (C=O) groups is 2. The maximum absolute atomic E-state index is 12.4. The Labute approximate surface area is 141 Å². The summed E-state index contributed by atoms with van der Waals surface area (Å²) in [5.74, 6) is -0.536. The number of halogens is 3. The summed E-state index contributed by atoms with van der Waals surface area (Å²) >= 11 is 0. The van der Waals surface area contributed by atoms with Crippen molar-refractivity contribution in [2.75, 3.05) is 18.5 Å². The van der Waals surface area contributed by atoms with Crippen molar-refractivity contribution < 1.29 is 27.5 Å². The van der Waals surface area contributed by atoms with Crippen molar-refractivity contribution in [1.82, 2.24) is 5.32 Å². The quantitative estimate of drug-likeness (QED) is 0.840. The Bertz CT molecular complexity index is 716. The number of benzene rings is 2. The molecule has 0 aliphatic carbocycles. The summed E-state index contributed by atoms with van der Waals surface area (Å²) in [4.78, 5) is 23.3. The molecule has 0 saturated carbocycles. The molecule has 0 radical (unpaired) electrons. The Morgan fingerprint density at radius 2 is 1.56 bits per heavy atom. The van der Waals surface area contributed by atoms with Crippen LogP contribution in [0.5, 0.6) is 5.75 Å². The molecule has 2 N–H and O–H groups in total. The van der Waals surface area contributed by atoms with Gasteiger partial charge in [-0.3, -0.25) is 9.59 Å². The molecule has 0 heterocycles. The van der Waals surface area contributed by atoms with Crippen LogP contribution in [0.2, 0.25) is 0 Å². The molecular formula is C17H15F3N2O3. The van der Waals surface area contributed by atoms with Gasteiger partial charge in [0.1, 0.15) is 5.75 Å². The molecule has 0 aromatic heterocycles. The molecule has 2 aromatic carbocycles. The van der Waals surface area contributed by atoms with Gasteiger partial charge in [0.2, 0.25) is 5.91 Å².